The molecule has 0 aliphatic carbocycles. The van der Waals surface area contributed by atoms with Crippen LogP contribution in [0.3, 0.4) is 0 Å². The van der Waals surface area contributed by atoms with E-state index in [4.69, 9.17) is 4.74 Å². The van der Waals surface area contributed by atoms with E-state index >= 15 is 0 Å². The SMILES string of the molecule is COc1ccccc1C(=O)C[C@@]1(O)C(=O)N(CCCc2ccccc2)c2ccccc21. The summed E-state index contributed by atoms with van der Waals surface area (Å²) in [7, 11) is 1.49. The third-order valence-corrected chi connectivity index (χ3v) is 5.75. The zero-order chi connectivity index (χ0) is 21.8. The van der Waals surface area contributed by atoms with Crippen LogP contribution in [0.2, 0.25) is 0 Å². The van der Waals surface area contributed by atoms with E-state index < -0.39 is 11.5 Å². The van der Waals surface area contributed by atoms with Crippen molar-refractivity contribution >= 4 is 17.4 Å². The summed E-state index contributed by atoms with van der Waals surface area (Å²) in [5.74, 6) is -0.367. The van der Waals surface area contributed by atoms with Gasteiger partial charge in [0.05, 0.1) is 24.8 Å². The van der Waals surface area contributed by atoms with Crippen molar-refractivity contribution in [3.05, 3.63) is 95.6 Å². The van der Waals surface area contributed by atoms with Crippen molar-refractivity contribution in [2.75, 3.05) is 18.6 Å². The van der Waals surface area contributed by atoms with E-state index in [1.54, 1.807) is 41.3 Å². The van der Waals surface area contributed by atoms with Crippen LogP contribution in [-0.4, -0.2) is 30.5 Å². The number of anilines is 1. The summed E-state index contributed by atoms with van der Waals surface area (Å²) in [6.45, 7) is 0.468. The zero-order valence-electron chi connectivity index (χ0n) is 17.5. The molecule has 1 heterocycles. The van der Waals surface area contributed by atoms with Crippen molar-refractivity contribution < 1.29 is 19.4 Å². The maximum Gasteiger partial charge on any atom is 0.264 e. The lowest BCUT2D eigenvalue weighted by Crippen LogP contribution is -2.42. The van der Waals surface area contributed by atoms with Crippen LogP contribution in [0.4, 0.5) is 5.69 Å². The minimum Gasteiger partial charge on any atom is -0.496 e. The number of ether oxygens (including phenoxy) is 1. The number of hydrogen-bond acceptors (Lipinski definition) is 4. The zero-order valence-corrected chi connectivity index (χ0v) is 17.5. The van der Waals surface area contributed by atoms with Gasteiger partial charge in [-0.1, -0.05) is 60.7 Å². The van der Waals surface area contributed by atoms with Crippen LogP contribution in [-0.2, 0) is 16.8 Å². The Kier molecular flexibility index (Phi) is 5.87. The number of Topliss-reactive ketones (excluding diaryl/α,β-unsaturated/α-hetero) is 1. The van der Waals surface area contributed by atoms with E-state index in [1.165, 1.54) is 12.7 Å². The normalized spacial score (nSPS) is 17.5. The Labute approximate surface area is 181 Å². The molecule has 0 unspecified atom stereocenters. The van der Waals surface area contributed by atoms with Gasteiger partial charge in [-0.2, -0.15) is 0 Å². The molecule has 1 atom stereocenters. The highest BCUT2D eigenvalue weighted by atomic mass is 16.5. The van der Waals surface area contributed by atoms with Gasteiger partial charge >= 0.3 is 0 Å². The summed E-state index contributed by atoms with van der Waals surface area (Å²) in [6, 6.07) is 24.1. The van der Waals surface area contributed by atoms with Gasteiger partial charge in [-0.25, -0.2) is 0 Å². The molecule has 5 heteroatoms. The molecular formula is C26H25NO4. The molecule has 0 aromatic heterocycles. The second-order valence-electron chi connectivity index (χ2n) is 7.72. The Bertz CT molecular complexity index is 1100. The van der Waals surface area contributed by atoms with Crippen molar-refractivity contribution in [3.63, 3.8) is 0 Å². The molecule has 0 bridgehead atoms. The smallest absolute Gasteiger partial charge is 0.264 e. The van der Waals surface area contributed by atoms with Gasteiger partial charge < -0.3 is 14.7 Å². The minimum atomic E-state index is -1.89. The van der Waals surface area contributed by atoms with Crippen molar-refractivity contribution in [2.45, 2.75) is 24.9 Å². The Morgan fingerprint density at radius 1 is 0.968 bits per heavy atom. The number of aliphatic hydroxyl groups is 1. The lowest BCUT2D eigenvalue weighted by molar-refractivity contribution is -0.135. The topological polar surface area (TPSA) is 66.8 Å². The van der Waals surface area contributed by atoms with Gasteiger partial charge in [-0.05, 0) is 36.6 Å². The highest BCUT2D eigenvalue weighted by Gasteiger charge is 2.50. The second kappa shape index (κ2) is 8.74. The number of nitrogens with zero attached hydrogens (tertiary/aromatic N) is 1. The molecule has 158 valence electrons. The molecule has 0 saturated carbocycles. The van der Waals surface area contributed by atoms with Crippen molar-refractivity contribution in [1.29, 1.82) is 0 Å². The maximum absolute atomic E-state index is 13.3. The predicted octanol–water partition coefficient (Wildman–Crippen LogP) is 4.14. The first-order valence-electron chi connectivity index (χ1n) is 10.4. The van der Waals surface area contributed by atoms with E-state index in [9.17, 15) is 14.7 Å². The highest BCUT2D eigenvalue weighted by molar-refractivity contribution is 6.11. The summed E-state index contributed by atoms with van der Waals surface area (Å²) >= 11 is 0. The largest absolute Gasteiger partial charge is 0.496 e. The number of ketones is 1. The summed E-state index contributed by atoms with van der Waals surface area (Å²) in [5, 5.41) is 11.4. The number of methoxy groups -OCH3 is 1. The van der Waals surface area contributed by atoms with E-state index in [2.05, 4.69) is 12.1 Å². The first-order chi connectivity index (χ1) is 15.0. The molecule has 3 aromatic rings. The molecule has 0 fully saturated rings. The van der Waals surface area contributed by atoms with Crippen LogP contribution in [0.5, 0.6) is 5.75 Å². The average Bonchev–Trinajstić information content (AvgIpc) is 3.01. The van der Waals surface area contributed by atoms with Gasteiger partial charge in [0, 0.05) is 12.1 Å². The molecule has 1 N–H and O–H groups in total. The number of benzene rings is 3. The minimum absolute atomic E-state index is 0.335. The first-order valence-corrected chi connectivity index (χ1v) is 10.4. The van der Waals surface area contributed by atoms with Crippen LogP contribution < -0.4 is 9.64 Å². The average molecular weight is 415 g/mol. The summed E-state index contributed by atoms with van der Waals surface area (Å²) in [4.78, 5) is 28.0. The molecule has 0 radical (unpaired) electrons. The van der Waals surface area contributed by atoms with Crippen molar-refractivity contribution in [2.24, 2.45) is 0 Å². The predicted molar refractivity (Wildman–Crippen MR) is 119 cm³/mol. The summed E-state index contributed by atoms with van der Waals surface area (Å²) in [6.07, 6.45) is 1.24. The van der Waals surface area contributed by atoms with Crippen LogP contribution in [0, 0.1) is 0 Å². The van der Waals surface area contributed by atoms with Crippen LogP contribution in [0.1, 0.15) is 34.3 Å². The molecule has 31 heavy (non-hydrogen) atoms. The highest BCUT2D eigenvalue weighted by Crippen LogP contribution is 2.43. The first kappa shape index (κ1) is 20.8. The molecule has 0 spiro atoms. The lowest BCUT2D eigenvalue weighted by Gasteiger charge is -2.23. The third-order valence-electron chi connectivity index (χ3n) is 5.75. The fourth-order valence-electron chi connectivity index (χ4n) is 4.19. The molecule has 1 aliphatic rings. The fourth-order valence-corrected chi connectivity index (χ4v) is 4.19. The molecule has 3 aromatic carbocycles. The Hall–Kier alpha value is -3.44. The van der Waals surface area contributed by atoms with Gasteiger partial charge in [0.2, 0.25) is 0 Å². The molecular weight excluding hydrogens is 390 g/mol. The fraction of sp³-hybridized carbons (Fsp3) is 0.231. The number of aryl methyl sites for hydroxylation is 1. The second-order valence-corrected chi connectivity index (χ2v) is 7.72. The Balaban J connectivity index is 1.56. The Morgan fingerprint density at radius 2 is 1.65 bits per heavy atom. The van der Waals surface area contributed by atoms with E-state index in [0.29, 0.717) is 29.1 Å². The summed E-state index contributed by atoms with van der Waals surface area (Å²) < 4.78 is 5.28. The monoisotopic (exact) mass is 415 g/mol. The Morgan fingerprint density at radius 3 is 2.42 bits per heavy atom. The third kappa shape index (κ3) is 3.97. The molecule has 4 rings (SSSR count). The van der Waals surface area contributed by atoms with Gasteiger partial charge in [0.1, 0.15) is 5.75 Å². The maximum atomic E-state index is 13.3. The molecule has 5 nitrogen and oxygen atoms in total. The number of carbonyl (C=O) groups is 2. The number of para-hydroxylation sites is 2. The standard InChI is InChI=1S/C26H25NO4/c1-31-24-16-8-5-13-20(24)23(28)18-26(30)21-14-6-7-15-22(21)27(25(26)29)17-9-12-19-10-3-2-4-11-19/h2-8,10-11,13-16,30H,9,12,17-18H2,1H3/t26-/m0/s1. The van der Waals surface area contributed by atoms with Crippen molar-refractivity contribution in [3.8, 4) is 5.75 Å². The number of rotatable bonds is 8. The van der Waals surface area contributed by atoms with Crippen LogP contribution in [0.15, 0.2) is 78.9 Å². The van der Waals surface area contributed by atoms with Crippen LogP contribution in [0.25, 0.3) is 0 Å². The van der Waals surface area contributed by atoms with Gasteiger partial charge in [0.15, 0.2) is 11.4 Å². The summed E-state index contributed by atoms with van der Waals surface area (Å²) in [5.41, 5.74) is 0.801. The van der Waals surface area contributed by atoms with E-state index in [0.717, 1.165) is 12.8 Å². The van der Waals surface area contributed by atoms with Gasteiger partial charge in [0.25, 0.3) is 5.91 Å². The molecule has 1 amide bonds. The molecule has 1 aliphatic heterocycles. The van der Waals surface area contributed by atoms with Crippen LogP contribution >= 0.6 is 0 Å². The lowest BCUT2D eigenvalue weighted by atomic mass is 9.88. The number of amides is 1. The van der Waals surface area contributed by atoms with Crippen molar-refractivity contribution in [1.82, 2.24) is 0 Å². The number of hydrogen-bond donors (Lipinski definition) is 1. The van der Waals surface area contributed by atoms with Gasteiger partial charge in [-0.3, -0.25) is 9.59 Å². The number of carbonyl (C=O) groups excluding carboxylic acids is 2. The van der Waals surface area contributed by atoms with E-state index in [1.807, 2.05) is 30.3 Å². The number of fused-ring (bicyclic) bond motifs is 1. The quantitative estimate of drug-likeness (QED) is 0.562. The van der Waals surface area contributed by atoms with Gasteiger partial charge in [-0.15, -0.1) is 0 Å². The van der Waals surface area contributed by atoms with E-state index in [-0.39, 0.29) is 12.2 Å². The molecule has 0 saturated heterocycles.